The van der Waals surface area contributed by atoms with E-state index in [0.717, 1.165) is 11.1 Å². The summed E-state index contributed by atoms with van der Waals surface area (Å²) in [6.07, 6.45) is 1.64. The highest BCUT2D eigenvalue weighted by atomic mass is 35.5. The molecule has 0 radical (unpaired) electrons. The van der Waals surface area contributed by atoms with Gasteiger partial charge in [-0.1, -0.05) is 39.3 Å². The fourth-order valence-corrected chi connectivity index (χ4v) is 1.33. The standard InChI is InChI=1S/C7H6ClN3.2C2H6/c1-4-6-5(8)2-3-9-7(6)11-10-4;2*1-2/h2-3H,1H3,(H,9,10,11);2*1-2H3. The van der Waals surface area contributed by atoms with E-state index in [0.29, 0.717) is 10.7 Å². The number of halogens is 1. The van der Waals surface area contributed by atoms with Crippen LogP contribution in [0.15, 0.2) is 12.3 Å². The van der Waals surface area contributed by atoms with Gasteiger partial charge in [-0.15, -0.1) is 0 Å². The molecule has 0 aromatic carbocycles. The van der Waals surface area contributed by atoms with Crippen LogP contribution >= 0.6 is 11.6 Å². The maximum Gasteiger partial charge on any atom is 0.182 e. The summed E-state index contributed by atoms with van der Waals surface area (Å²) in [5, 5.41) is 8.39. The highest BCUT2D eigenvalue weighted by molar-refractivity contribution is 6.35. The van der Waals surface area contributed by atoms with Crippen molar-refractivity contribution in [2.45, 2.75) is 34.6 Å². The average Bonchev–Trinajstić information content (AvgIpc) is 2.68. The second kappa shape index (κ2) is 7.23. The van der Waals surface area contributed by atoms with Crippen molar-refractivity contribution in [2.24, 2.45) is 0 Å². The molecule has 0 saturated carbocycles. The summed E-state index contributed by atoms with van der Waals surface area (Å²) in [7, 11) is 0. The fourth-order valence-electron chi connectivity index (χ4n) is 1.05. The number of nitrogens with one attached hydrogen (secondary N) is 1. The molecule has 0 spiro atoms. The number of H-pyrrole nitrogens is 1. The molecule has 2 aromatic heterocycles. The molecule has 15 heavy (non-hydrogen) atoms. The molecule has 0 fully saturated rings. The first kappa shape index (κ1) is 13.9. The Bertz CT molecular complexity index is 396. The third kappa shape index (κ3) is 3.20. The number of rotatable bonds is 0. The van der Waals surface area contributed by atoms with Gasteiger partial charge in [0.15, 0.2) is 5.65 Å². The van der Waals surface area contributed by atoms with E-state index in [-0.39, 0.29) is 0 Å². The summed E-state index contributed by atoms with van der Waals surface area (Å²) in [6.45, 7) is 9.92. The Kier molecular flexibility index (Phi) is 6.71. The maximum atomic E-state index is 5.90. The molecule has 1 N–H and O–H groups in total. The number of aromatic nitrogens is 3. The fraction of sp³-hybridized carbons (Fsp3) is 0.455. The van der Waals surface area contributed by atoms with Crippen LogP contribution in [0.3, 0.4) is 0 Å². The number of pyridine rings is 1. The van der Waals surface area contributed by atoms with E-state index in [4.69, 9.17) is 11.6 Å². The Morgan fingerprint density at radius 3 is 2.33 bits per heavy atom. The number of aryl methyl sites for hydroxylation is 1. The second-order valence-corrected chi connectivity index (χ2v) is 2.75. The zero-order valence-electron chi connectivity index (χ0n) is 9.93. The predicted molar refractivity (Wildman–Crippen MR) is 66.3 cm³/mol. The Morgan fingerprint density at radius 1 is 1.20 bits per heavy atom. The van der Waals surface area contributed by atoms with Crippen LogP contribution < -0.4 is 0 Å². The van der Waals surface area contributed by atoms with E-state index in [1.807, 2.05) is 34.6 Å². The van der Waals surface area contributed by atoms with Crippen LogP contribution in [0.4, 0.5) is 0 Å². The van der Waals surface area contributed by atoms with Crippen LogP contribution in [-0.2, 0) is 0 Å². The maximum absolute atomic E-state index is 5.90. The normalized spacial score (nSPS) is 8.67. The quantitative estimate of drug-likeness (QED) is 0.740. The molecule has 0 bridgehead atoms. The number of aromatic amines is 1. The van der Waals surface area contributed by atoms with Crippen molar-refractivity contribution in [1.82, 2.24) is 15.2 Å². The molecule has 0 aliphatic heterocycles. The molecule has 3 nitrogen and oxygen atoms in total. The van der Waals surface area contributed by atoms with Crippen molar-refractivity contribution in [3.8, 4) is 0 Å². The van der Waals surface area contributed by atoms with Gasteiger partial charge in [0.2, 0.25) is 0 Å². The Labute approximate surface area is 95.9 Å². The molecule has 2 aromatic rings. The third-order valence-corrected chi connectivity index (χ3v) is 1.90. The molecular formula is C11H18ClN3. The highest BCUT2D eigenvalue weighted by Crippen LogP contribution is 2.21. The zero-order valence-corrected chi connectivity index (χ0v) is 10.7. The molecule has 0 unspecified atom stereocenters. The van der Waals surface area contributed by atoms with Gasteiger partial charge in [-0.25, -0.2) is 4.98 Å². The lowest BCUT2D eigenvalue weighted by Gasteiger charge is -1.90. The lowest BCUT2D eigenvalue weighted by molar-refractivity contribution is 1.05. The van der Waals surface area contributed by atoms with Crippen molar-refractivity contribution in [1.29, 1.82) is 0 Å². The minimum absolute atomic E-state index is 0.676. The van der Waals surface area contributed by atoms with Crippen LogP contribution in [0, 0.1) is 6.92 Å². The highest BCUT2D eigenvalue weighted by Gasteiger charge is 2.04. The summed E-state index contributed by atoms with van der Waals surface area (Å²) in [6, 6.07) is 1.76. The van der Waals surface area contributed by atoms with Gasteiger partial charge >= 0.3 is 0 Å². The average molecular weight is 228 g/mol. The Morgan fingerprint density at radius 2 is 1.80 bits per heavy atom. The lowest BCUT2D eigenvalue weighted by Crippen LogP contribution is -1.75. The van der Waals surface area contributed by atoms with E-state index in [1.165, 1.54) is 0 Å². The predicted octanol–water partition coefficient (Wildman–Crippen LogP) is 3.97. The molecule has 0 amide bonds. The van der Waals surface area contributed by atoms with E-state index in [9.17, 15) is 0 Å². The molecule has 0 aliphatic rings. The summed E-state index contributed by atoms with van der Waals surface area (Å²) in [5.74, 6) is 0. The Hall–Kier alpha value is -1.09. The first-order valence-electron chi connectivity index (χ1n) is 5.24. The van der Waals surface area contributed by atoms with Crippen LogP contribution in [-0.4, -0.2) is 15.2 Å². The minimum atomic E-state index is 0.676. The van der Waals surface area contributed by atoms with Gasteiger partial charge in [0, 0.05) is 11.9 Å². The molecular weight excluding hydrogens is 210 g/mol. The van der Waals surface area contributed by atoms with Gasteiger partial charge in [-0.05, 0) is 13.0 Å². The van der Waals surface area contributed by atoms with Crippen molar-refractivity contribution >= 4 is 22.6 Å². The first-order chi connectivity index (χ1) is 7.29. The van der Waals surface area contributed by atoms with Gasteiger partial charge < -0.3 is 0 Å². The van der Waals surface area contributed by atoms with E-state index < -0.39 is 0 Å². The van der Waals surface area contributed by atoms with Gasteiger partial charge in [0.1, 0.15) is 0 Å². The van der Waals surface area contributed by atoms with Crippen molar-refractivity contribution in [2.75, 3.05) is 0 Å². The topological polar surface area (TPSA) is 41.6 Å². The molecule has 0 atom stereocenters. The summed E-state index contributed by atoms with van der Waals surface area (Å²) < 4.78 is 0. The molecule has 0 saturated heterocycles. The van der Waals surface area contributed by atoms with Crippen LogP contribution in [0.1, 0.15) is 33.4 Å². The van der Waals surface area contributed by atoms with E-state index in [2.05, 4.69) is 15.2 Å². The summed E-state index contributed by atoms with van der Waals surface area (Å²) in [5.41, 5.74) is 1.63. The van der Waals surface area contributed by atoms with Gasteiger partial charge in [-0.3, -0.25) is 5.10 Å². The largest absolute Gasteiger partial charge is 0.280 e. The summed E-state index contributed by atoms with van der Waals surface area (Å²) in [4.78, 5) is 4.04. The van der Waals surface area contributed by atoms with E-state index >= 15 is 0 Å². The van der Waals surface area contributed by atoms with Crippen LogP contribution in [0.2, 0.25) is 5.02 Å². The molecule has 84 valence electrons. The minimum Gasteiger partial charge on any atom is -0.280 e. The Balaban J connectivity index is 0.000000442. The SMILES string of the molecule is CC.CC.Cc1[nH]nc2nccc(Cl)c12. The van der Waals surface area contributed by atoms with Gasteiger partial charge in [0.25, 0.3) is 0 Å². The molecule has 0 aliphatic carbocycles. The van der Waals surface area contributed by atoms with Gasteiger partial charge in [-0.2, -0.15) is 5.10 Å². The first-order valence-corrected chi connectivity index (χ1v) is 5.62. The monoisotopic (exact) mass is 227 g/mol. The molecule has 2 heterocycles. The number of hydrogen-bond acceptors (Lipinski definition) is 2. The van der Waals surface area contributed by atoms with Crippen LogP contribution in [0.5, 0.6) is 0 Å². The van der Waals surface area contributed by atoms with Crippen molar-refractivity contribution in [3.63, 3.8) is 0 Å². The molecule has 2 rings (SSSR count). The molecule has 4 heteroatoms. The summed E-state index contributed by atoms with van der Waals surface area (Å²) >= 11 is 5.90. The van der Waals surface area contributed by atoms with Gasteiger partial charge in [0.05, 0.1) is 10.4 Å². The second-order valence-electron chi connectivity index (χ2n) is 2.34. The zero-order chi connectivity index (χ0) is 11.8. The van der Waals surface area contributed by atoms with E-state index in [1.54, 1.807) is 12.3 Å². The smallest absolute Gasteiger partial charge is 0.182 e. The van der Waals surface area contributed by atoms with Crippen molar-refractivity contribution in [3.05, 3.63) is 23.0 Å². The van der Waals surface area contributed by atoms with Crippen LogP contribution in [0.25, 0.3) is 11.0 Å². The third-order valence-electron chi connectivity index (χ3n) is 1.58. The van der Waals surface area contributed by atoms with Crippen molar-refractivity contribution < 1.29 is 0 Å². The lowest BCUT2D eigenvalue weighted by atomic mass is 10.3. The number of hydrogen-bond donors (Lipinski definition) is 1. The number of nitrogens with zero attached hydrogens (tertiary/aromatic N) is 2. The number of fused-ring (bicyclic) bond motifs is 1.